The highest BCUT2D eigenvalue weighted by molar-refractivity contribution is 5.97. The molecule has 3 aromatic carbocycles. The first-order valence-corrected chi connectivity index (χ1v) is 8.92. The Morgan fingerprint density at radius 3 is 2.30 bits per heavy atom. The fourth-order valence-corrected chi connectivity index (χ4v) is 3.10. The third-order valence-electron chi connectivity index (χ3n) is 4.50. The van der Waals surface area contributed by atoms with E-state index in [1.807, 2.05) is 78.9 Å². The Labute approximate surface area is 157 Å². The molecule has 0 aliphatic carbocycles. The highest BCUT2D eigenvalue weighted by Gasteiger charge is 2.16. The van der Waals surface area contributed by atoms with Gasteiger partial charge < -0.3 is 4.98 Å². The van der Waals surface area contributed by atoms with Gasteiger partial charge >= 0.3 is 0 Å². The number of benzene rings is 3. The molecule has 1 atom stereocenters. The zero-order valence-corrected chi connectivity index (χ0v) is 14.8. The van der Waals surface area contributed by atoms with E-state index in [0.29, 0.717) is 12.1 Å². The van der Waals surface area contributed by atoms with Crippen LogP contribution in [0.15, 0.2) is 91.0 Å². The van der Waals surface area contributed by atoms with E-state index < -0.39 is 0 Å². The van der Waals surface area contributed by atoms with Crippen molar-refractivity contribution in [1.29, 1.82) is 0 Å². The van der Waals surface area contributed by atoms with Crippen LogP contribution in [-0.4, -0.2) is 10.9 Å². The number of carbonyl (C=O) groups is 1. The van der Waals surface area contributed by atoms with E-state index in [1.54, 1.807) is 0 Å². The van der Waals surface area contributed by atoms with Crippen LogP contribution in [-0.2, 0) is 11.3 Å². The lowest BCUT2D eigenvalue weighted by Gasteiger charge is -2.18. The molecule has 0 aliphatic rings. The fraction of sp³-hybridized carbons (Fsp3) is 0.0870. The number of nitrogens with one attached hydrogen (secondary N) is 2. The van der Waals surface area contributed by atoms with Crippen LogP contribution in [0.2, 0.25) is 0 Å². The summed E-state index contributed by atoms with van der Waals surface area (Å²) in [5.74, 6) is -0.291. The molecule has 0 radical (unpaired) electrons. The highest BCUT2D eigenvalue weighted by atomic mass is 16.7. The van der Waals surface area contributed by atoms with E-state index in [4.69, 9.17) is 4.84 Å². The molecular weight excluding hydrogens is 336 g/mol. The van der Waals surface area contributed by atoms with Gasteiger partial charge in [0.25, 0.3) is 5.91 Å². The Balaban J connectivity index is 1.50. The van der Waals surface area contributed by atoms with E-state index in [9.17, 15) is 4.79 Å². The molecule has 0 bridgehead atoms. The zero-order chi connectivity index (χ0) is 18.5. The number of hydrogen-bond acceptors (Lipinski definition) is 2. The van der Waals surface area contributed by atoms with Crippen molar-refractivity contribution in [2.24, 2.45) is 0 Å². The van der Waals surface area contributed by atoms with Gasteiger partial charge in [-0.15, -0.1) is 0 Å². The first kappa shape index (κ1) is 17.1. The first-order valence-electron chi connectivity index (χ1n) is 8.92. The van der Waals surface area contributed by atoms with Gasteiger partial charge in [0, 0.05) is 17.3 Å². The number of aromatic nitrogens is 1. The topological polar surface area (TPSA) is 54.1 Å². The number of aromatic amines is 1. The second-order valence-electron chi connectivity index (χ2n) is 6.41. The van der Waals surface area contributed by atoms with Crippen molar-refractivity contribution in [2.45, 2.75) is 12.5 Å². The monoisotopic (exact) mass is 356 g/mol. The standard InChI is InChI=1S/C23H20N2O2/c26-23(21-16-19-13-7-8-14-20(19)24-21)25-27-22(18-11-5-2-6-12-18)15-17-9-3-1-4-10-17/h1-14,16,22,24H,15H2,(H,25,26). The second kappa shape index (κ2) is 7.89. The molecule has 1 aromatic heterocycles. The Morgan fingerprint density at radius 2 is 1.56 bits per heavy atom. The average molecular weight is 356 g/mol. The summed E-state index contributed by atoms with van der Waals surface area (Å²) in [4.78, 5) is 21.5. The van der Waals surface area contributed by atoms with E-state index in [0.717, 1.165) is 22.0 Å². The maximum Gasteiger partial charge on any atom is 0.291 e. The molecule has 0 saturated heterocycles. The molecule has 1 amide bonds. The minimum absolute atomic E-state index is 0.276. The predicted octanol–water partition coefficient (Wildman–Crippen LogP) is 4.81. The van der Waals surface area contributed by atoms with Crippen molar-refractivity contribution in [3.05, 3.63) is 108 Å². The SMILES string of the molecule is O=C(NOC(Cc1ccccc1)c1ccccc1)c1cc2ccccc2[nH]1. The highest BCUT2D eigenvalue weighted by Crippen LogP contribution is 2.22. The molecule has 4 heteroatoms. The Hall–Kier alpha value is -3.37. The van der Waals surface area contributed by atoms with Crippen molar-refractivity contribution < 1.29 is 9.63 Å². The average Bonchev–Trinajstić information content (AvgIpc) is 3.17. The van der Waals surface area contributed by atoms with Gasteiger partial charge in [-0.3, -0.25) is 9.63 Å². The summed E-state index contributed by atoms with van der Waals surface area (Å²) in [7, 11) is 0. The molecule has 4 nitrogen and oxygen atoms in total. The smallest absolute Gasteiger partial charge is 0.291 e. The maximum atomic E-state index is 12.5. The van der Waals surface area contributed by atoms with E-state index in [-0.39, 0.29) is 12.0 Å². The van der Waals surface area contributed by atoms with Crippen molar-refractivity contribution in [3.63, 3.8) is 0 Å². The molecule has 0 spiro atoms. The summed E-state index contributed by atoms with van der Waals surface area (Å²) in [5, 5.41) is 0.992. The van der Waals surface area contributed by atoms with Gasteiger partial charge in [-0.25, -0.2) is 5.48 Å². The summed E-state index contributed by atoms with van der Waals surface area (Å²) in [6.07, 6.45) is 0.389. The lowest BCUT2D eigenvalue weighted by molar-refractivity contribution is -0.0174. The van der Waals surface area contributed by atoms with Crippen molar-refractivity contribution in [2.75, 3.05) is 0 Å². The molecule has 1 unspecified atom stereocenters. The fourth-order valence-electron chi connectivity index (χ4n) is 3.10. The maximum absolute atomic E-state index is 12.5. The van der Waals surface area contributed by atoms with Gasteiger partial charge in [0.05, 0.1) is 0 Å². The number of hydroxylamine groups is 1. The Bertz CT molecular complexity index is 993. The summed E-state index contributed by atoms with van der Waals surface area (Å²) in [6, 6.07) is 29.6. The van der Waals surface area contributed by atoms with Crippen LogP contribution in [0.3, 0.4) is 0 Å². The van der Waals surface area contributed by atoms with Gasteiger partial charge in [-0.1, -0.05) is 78.9 Å². The third kappa shape index (κ3) is 4.07. The number of H-pyrrole nitrogens is 1. The van der Waals surface area contributed by atoms with E-state index in [2.05, 4.69) is 22.6 Å². The third-order valence-corrected chi connectivity index (χ3v) is 4.50. The molecular formula is C23H20N2O2. The molecule has 1 heterocycles. The lowest BCUT2D eigenvalue weighted by atomic mass is 10.0. The number of hydrogen-bond donors (Lipinski definition) is 2. The summed E-state index contributed by atoms with van der Waals surface area (Å²) in [5.41, 5.74) is 6.16. The van der Waals surface area contributed by atoms with Gasteiger partial charge in [0.15, 0.2) is 0 Å². The lowest BCUT2D eigenvalue weighted by Crippen LogP contribution is -2.27. The normalized spacial score (nSPS) is 12.0. The van der Waals surface area contributed by atoms with Gasteiger partial charge in [0.2, 0.25) is 0 Å². The molecule has 27 heavy (non-hydrogen) atoms. The van der Waals surface area contributed by atoms with Crippen molar-refractivity contribution in [3.8, 4) is 0 Å². The molecule has 134 valence electrons. The number of para-hydroxylation sites is 1. The first-order chi connectivity index (χ1) is 13.3. The Kier molecular flexibility index (Phi) is 4.99. The minimum Gasteiger partial charge on any atom is -0.350 e. The predicted molar refractivity (Wildman–Crippen MR) is 106 cm³/mol. The summed E-state index contributed by atoms with van der Waals surface area (Å²) in [6.45, 7) is 0. The molecule has 4 aromatic rings. The number of rotatable bonds is 6. The van der Waals surface area contributed by atoms with Crippen LogP contribution in [0.25, 0.3) is 10.9 Å². The minimum atomic E-state index is -0.291. The van der Waals surface area contributed by atoms with Crippen LogP contribution in [0.4, 0.5) is 0 Å². The zero-order valence-electron chi connectivity index (χ0n) is 14.8. The largest absolute Gasteiger partial charge is 0.350 e. The van der Waals surface area contributed by atoms with E-state index >= 15 is 0 Å². The van der Waals surface area contributed by atoms with Crippen LogP contribution in [0.1, 0.15) is 27.7 Å². The molecule has 0 fully saturated rings. The van der Waals surface area contributed by atoms with Crippen molar-refractivity contribution in [1.82, 2.24) is 10.5 Å². The summed E-state index contributed by atoms with van der Waals surface area (Å²) < 4.78 is 0. The summed E-state index contributed by atoms with van der Waals surface area (Å²) >= 11 is 0. The molecule has 4 rings (SSSR count). The van der Waals surface area contributed by atoms with Crippen LogP contribution in [0, 0.1) is 0 Å². The van der Waals surface area contributed by atoms with Gasteiger partial charge in [-0.2, -0.15) is 0 Å². The number of carbonyl (C=O) groups excluding carboxylic acids is 1. The Morgan fingerprint density at radius 1 is 0.889 bits per heavy atom. The second-order valence-corrected chi connectivity index (χ2v) is 6.41. The van der Waals surface area contributed by atoms with Gasteiger partial charge in [0.1, 0.15) is 11.8 Å². The van der Waals surface area contributed by atoms with Gasteiger partial charge in [-0.05, 0) is 23.3 Å². The van der Waals surface area contributed by atoms with Crippen molar-refractivity contribution >= 4 is 16.8 Å². The quantitative estimate of drug-likeness (QED) is 0.487. The van der Waals surface area contributed by atoms with E-state index in [1.165, 1.54) is 0 Å². The van der Waals surface area contributed by atoms with Crippen LogP contribution >= 0.6 is 0 Å². The van der Waals surface area contributed by atoms with Crippen LogP contribution in [0.5, 0.6) is 0 Å². The number of fused-ring (bicyclic) bond motifs is 1. The molecule has 0 saturated carbocycles. The van der Waals surface area contributed by atoms with Crippen LogP contribution < -0.4 is 5.48 Å². The number of amides is 1. The molecule has 2 N–H and O–H groups in total. The molecule has 0 aliphatic heterocycles.